The van der Waals surface area contributed by atoms with Crippen molar-refractivity contribution in [3.63, 3.8) is 0 Å². The molecule has 0 radical (unpaired) electrons. The van der Waals surface area contributed by atoms with Crippen LogP contribution in [0.1, 0.15) is 25.7 Å². The number of primary amides is 1. The maximum Gasteiger partial charge on any atom is 0.323 e. The summed E-state index contributed by atoms with van der Waals surface area (Å²) in [5, 5.41) is 2.80. The lowest BCUT2D eigenvalue weighted by molar-refractivity contribution is -0.133. The van der Waals surface area contributed by atoms with Crippen LogP contribution in [0.2, 0.25) is 0 Å². The van der Waals surface area contributed by atoms with E-state index in [1.807, 2.05) is 14.1 Å². The van der Waals surface area contributed by atoms with E-state index in [1.54, 1.807) is 11.0 Å². The number of hydrogen-bond acceptors (Lipinski definition) is 6. The van der Waals surface area contributed by atoms with E-state index in [1.165, 1.54) is 36.5 Å². The summed E-state index contributed by atoms with van der Waals surface area (Å²) in [4.78, 5) is 47.5. The zero-order valence-corrected chi connectivity index (χ0v) is 24.1. The molecule has 2 heterocycles. The minimum absolute atomic E-state index is 0.121. The lowest BCUT2D eigenvalue weighted by Crippen LogP contribution is -2.42. The lowest BCUT2D eigenvalue weighted by Gasteiger charge is -2.33. The molecule has 0 bridgehead atoms. The summed E-state index contributed by atoms with van der Waals surface area (Å²) in [6.45, 7) is 2.31. The number of rotatable bonds is 9. The zero-order valence-electron chi connectivity index (χ0n) is 24.1. The van der Waals surface area contributed by atoms with Gasteiger partial charge in [-0.2, -0.15) is 0 Å². The van der Waals surface area contributed by atoms with Crippen LogP contribution in [0.3, 0.4) is 0 Å². The Morgan fingerprint density at radius 3 is 2.30 bits per heavy atom. The van der Waals surface area contributed by atoms with Crippen LogP contribution in [-0.2, 0) is 9.59 Å². The van der Waals surface area contributed by atoms with Crippen LogP contribution in [0.15, 0.2) is 60.8 Å². The molecule has 2 aliphatic rings. The van der Waals surface area contributed by atoms with E-state index in [-0.39, 0.29) is 41.8 Å². The summed E-state index contributed by atoms with van der Waals surface area (Å²) in [5.74, 6) is -1.56. The molecule has 0 atom stereocenters. The summed E-state index contributed by atoms with van der Waals surface area (Å²) in [6.07, 6.45) is 3.82. The Morgan fingerprint density at radius 2 is 1.70 bits per heavy atom. The number of nitrogens with one attached hydrogen (secondary N) is 1. The quantitative estimate of drug-likeness (QED) is 0.342. The fraction of sp³-hybridized carbons (Fsp3) is 0.355. The highest BCUT2D eigenvalue weighted by atomic mass is 19.1. The second kappa shape index (κ2) is 12.3. The number of nitrogens with zero attached hydrogens (tertiary/aromatic N) is 4. The molecule has 3 aromatic rings. The summed E-state index contributed by atoms with van der Waals surface area (Å²) < 4.78 is 35.0. The highest BCUT2D eigenvalue weighted by Crippen LogP contribution is 2.49. The maximum absolute atomic E-state index is 15.6. The van der Waals surface area contributed by atoms with Gasteiger partial charge in [-0.05, 0) is 88.2 Å². The second-order valence-electron chi connectivity index (χ2n) is 11.3. The van der Waals surface area contributed by atoms with Crippen LogP contribution in [-0.4, -0.2) is 66.4 Å². The Balaban J connectivity index is 1.29. The highest BCUT2D eigenvalue weighted by Gasteiger charge is 2.57. The van der Waals surface area contributed by atoms with Crippen LogP contribution >= 0.6 is 0 Å². The Labute approximate surface area is 248 Å². The third-order valence-electron chi connectivity index (χ3n) is 7.81. The molecular weight excluding hydrogens is 558 g/mol. The Hall–Kier alpha value is -4.58. The third-order valence-corrected chi connectivity index (χ3v) is 7.81. The fourth-order valence-electron chi connectivity index (χ4n) is 5.30. The van der Waals surface area contributed by atoms with Gasteiger partial charge in [0.15, 0.2) is 5.82 Å². The molecule has 1 saturated carbocycles. The number of carbonyl (C=O) groups excluding carboxylic acids is 3. The van der Waals surface area contributed by atoms with Crippen molar-refractivity contribution in [1.82, 2.24) is 14.8 Å². The molecule has 1 aromatic heterocycles. The van der Waals surface area contributed by atoms with Crippen LogP contribution in [0.25, 0.3) is 0 Å². The minimum atomic E-state index is -1.43. The monoisotopic (exact) mass is 592 g/mol. The number of hydrogen-bond donors (Lipinski definition) is 2. The number of anilines is 3. The van der Waals surface area contributed by atoms with Gasteiger partial charge in [-0.25, -0.2) is 18.6 Å². The van der Waals surface area contributed by atoms with Crippen molar-refractivity contribution in [3.05, 3.63) is 72.4 Å². The van der Waals surface area contributed by atoms with Crippen molar-refractivity contribution in [1.29, 1.82) is 0 Å². The molecule has 12 heteroatoms. The topological polar surface area (TPSA) is 121 Å². The Bertz CT molecular complexity index is 1500. The van der Waals surface area contributed by atoms with E-state index < -0.39 is 28.9 Å². The number of aromatic nitrogens is 1. The minimum Gasteiger partial charge on any atom is -0.457 e. The Kier molecular flexibility index (Phi) is 8.58. The van der Waals surface area contributed by atoms with Crippen molar-refractivity contribution in [2.45, 2.75) is 25.7 Å². The van der Waals surface area contributed by atoms with E-state index in [4.69, 9.17) is 10.5 Å². The summed E-state index contributed by atoms with van der Waals surface area (Å²) >= 11 is 0. The van der Waals surface area contributed by atoms with Gasteiger partial charge in [-0.15, -0.1) is 0 Å². The predicted octanol–water partition coefficient (Wildman–Crippen LogP) is 4.89. The first-order valence-corrected chi connectivity index (χ1v) is 14.1. The number of carbonyl (C=O) groups is 3. The molecule has 43 heavy (non-hydrogen) atoms. The molecule has 0 unspecified atom stereocenters. The first-order valence-electron chi connectivity index (χ1n) is 14.1. The van der Waals surface area contributed by atoms with Crippen LogP contribution in [0.4, 0.5) is 30.8 Å². The average Bonchev–Trinajstić information content (AvgIpc) is 3.78. The maximum atomic E-state index is 15.6. The summed E-state index contributed by atoms with van der Waals surface area (Å²) in [6, 6.07) is 11.7. The highest BCUT2D eigenvalue weighted by molar-refractivity contribution is 6.16. The summed E-state index contributed by atoms with van der Waals surface area (Å²) in [7, 11) is 4.09. The number of halogens is 2. The second-order valence-corrected chi connectivity index (χ2v) is 11.3. The summed E-state index contributed by atoms with van der Waals surface area (Å²) in [5.41, 5.74) is 4.11. The molecular formula is C31H34F2N6O4. The average molecular weight is 593 g/mol. The molecule has 1 aliphatic heterocycles. The first-order chi connectivity index (χ1) is 20.6. The van der Waals surface area contributed by atoms with E-state index in [0.717, 1.165) is 42.5 Å². The van der Waals surface area contributed by atoms with Crippen molar-refractivity contribution in [2.24, 2.45) is 17.1 Å². The van der Waals surface area contributed by atoms with Gasteiger partial charge in [0.05, 0.1) is 5.69 Å². The lowest BCUT2D eigenvalue weighted by atomic mass is 9.97. The van der Waals surface area contributed by atoms with Crippen molar-refractivity contribution >= 4 is 35.0 Å². The van der Waals surface area contributed by atoms with Gasteiger partial charge in [-0.1, -0.05) is 0 Å². The number of urea groups is 1. The molecule has 4 amide bonds. The standard InChI is InChI=1S/C31H34F2N6O4/c1-37(2)19-20-10-15-38(16-11-20)30(42)36-27-18-24(9-14-35-27)43-23-7-8-26(25(33)17-23)39(22-5-3-21(32)4-6-22)29(41)31(12-13-31)28(34)40/h3-9,14,17-18,20H,10-13,15-16,19H2,1-2H3,(H2,34,40)(H,35,36,42). The number of benzene rings is 2. The van der Waals surface area contributed by atoms with Gasteiger partial charge in [-0.3, -0.25) is 19.8 Å². The van der Waals surface area contributed by atoms with Crippen LogP contribution < -0.4 is 20.7 Å². The predicted molar refractivity (Wildman–Crippen MR) is 157 cm³/mol. The number of nitrogens with two attached hydrogens (primary N) is 1. The van der Waals surface area contributed by atoms with Gasteiger partial charge < -0.3 is 20.3 Å². The van der Waals surface area contributed by atoms with Crippen LogP contribution in [0.5, 0.6) is 11.5 Å². The van der Waals surface area contributed by atoms with E-state index in [9.17, 15) is 18.8 Å². The normalized spacial score (nSPS) is 16.1. The zero-order chi connectivity index (χ0) is 30.7. The molecule has 5 rings (SSSR count). The van der Waals surface area contributed by atoms with Crippen molar-refractivity contribution < 1.29 is 27.9 Å². The molecule has 10 nitrogen and oxygen atoms in total. The van der Waals surface area contributed by atoms with Crippen molar-refractivity contribution in [2.75, 3.05) is 43.9 Å². The largest absolute Gasteiger partial charge is 0.457 e. The number of pyridine rings is 1. The SMILES string of the molecule is CN(C)CC1CCN(C(=O)Nc2cc(Oc3ccc(N(C(=O)C4(C(N)=O)CC4)c4ccc(F)cc4)c(F)c3)ccn2)CC1. The molecule has 2 fully saturated rings. The van der Waals surface area contributed by atoms with Gasteiger partial charge >= 0.3 is 6.03 Å². The van der Waals surface area contributed by atoms with E-state index >= 15 is 4.39 Å². The molecule has 1 saturated heterocycles. The fourth-order valence-corrected chi connectivity index (χ4v) is 5.30. The number of ether oxygens (including phenoxy) is 1. The molecule has 2 aromatic carbocycles. The molecule has 226 valence electrons. The smallest absolute Gasteiger partial charge is 0.323 e. The number of amides is 4. The third kappa shape index (κ3) is 6.75. The number of likely N-dealkylation sites (tertiary alicyclic amines) is 1. The van der Waals surface area contributed by atoms with Gasteiger partial charge in [0.25, 0.3) is 0 Å². The van der Waals surface area contributed by atoms with Gasteiger partial charge in [0.1, 0.15) is 28.5 Å². The number of piperidine rings is 1. The molecule has 3 N–H and O–H groups in total. The first kappa shape index (κ1) is 29.9. The van der Waals surface area contributed by atoms with E-state index in [2.05, 4.69) is 15.2 Å². The van der Waals surface area contributed by atoms with Crippen molar-refractivity contribution in [3.8, 4) is 11.5 Å². The van der Waals surface area contributed by atoms with Crippen LogP contribution in [0, 0.1) is 23.0 Å². The molecule has 1 aliphatic carbocycles. The van der Waals surface area contributed by atoms with Gasteiger partial charge in [0, 0.05) is 43.7 Å². The molecule has 0 spiro atoms. The van der Waals surface area contributed by atoms with E-state index in [0.29, 0.717) is 24.8 Å². The van der Waals surface area contributed by atoms with Gasteiger partial charge in [0.2, 0.25) is 11.8 Å². The Morgan fingerprint density at radius 1 is 1.02 bits per heavy atom.